The van der Waals surface area contributed by atoms with Crippen LogP contribution in [-0.2, 0) is 9.47 Å². The smallest absolute Gasteiger partial charge is 0.338 e. The topological polar surface area (TPSA) is 52.6 Å². The first-order chi connectivity index (χ1) is 15.5. The maximum absolute atomic E-state index is 13.3. The second-order valence-electron chi connectivity index (χ2n) is 10.4. The van der Waals surface area contributed by atoms with Crippen LogP contribution in [0, 0.1) is 0 Å². The van der Waals surface area contributed by atoms with Crippen molar-refractivity contribution in [3.8, 4) is 11.1 Å². The summed E-state index contributed by atoms with van der Waals surface area (Å²) < 4.78 is 11.5. The Morgan fingerprint density at radius 2 is 1.00 bits per heavy atom. The Bertz CT molecular complexity index is 1140. The highest BCUT2D eigenvalue weighted by Crippen LogP contribution is 2.25. The van der Waals surface area contributed by atoms with E-state index < -0.39 is 23.1 Å². The van der Waals surface area contributed by atoms with Crippen molar-refractivity contribution in [2.45, 2.75) is 52.7 Å². The van der Waals surface area contributed by atoms with Gasteiger partial charge in [-0.05, 0) is 70.3 Å². The van der Waals surface area contributed by atoms with Gasteiger partial charge < -0.3 is 9.47 Å². The van der Waals surface area contributed by atoms with Gasteiger partial charge in [-0.2, -0.15) is 0 Å². The number of ether oxygens (including phenoxy) is 2. The van der Waals surface area contributed by atoms with E-state index in [0.29, 0.717) is 16.6 Å². The second-order valence-corrected chi connectivity index (χ2v) is 10.4. The molecule has 168 valence electrons. The molecule has 1 aliphatic heterocycles. The minimum atomic E-state index is -0.665. The molecule has 0 saturated carbocycles. The third kappa shape index (κ3) is 4.59. The highest BCUT2D eigenvalue weighted by molar-refractivity contribution is 7.00. The number of benzene rings is 3. The molecule has 4 rings (SSSR count). The average Bonchev–Trinajstić information content (AvgIpc) is 3.05. The van der Waals surface area contributed by atoms with Crippen LogP contribution in [0.25, 0.3) is 11.1 Å². The predicted molar refractivity (Wildman–Crippen MR) is 133 cm³/mol. The molecule has 1 aliphatic rings. The van der Waals surface area contributed by atoms with Crippen LogP contribution in [0.4, 0.5) is 0 Å². The van der Waals surface area contributed by atoms with Gasteiger partial charge in [-0.15, -0.1) is 0 Å². The number of fused-ring (bicyclic) bond motifs is 3. The third-order valence-corrected chi connectivity index (χ3v) is 5.47. The molecule has 0 bridgehead atoms. The van der Waals surface area contributed by atoms with E-state index in [0.717, 1.165) is 22.1 Å². The minimum Gasteiger partial charge on any atom is -0.456 e. The van der Waals surface area contributed by atoms with Gasteiger partial charge in [0.1, 0.15) is 11.2 Å². The van der Waals surface area contributed by atoms with Crippen molar-refractivity contribution in [2.75, 3.05) is 0 Å². The summed E-state index contributed by atoms with van der Waals surface area (Å²) in [6.07, 6.45) is 0. The first kappa shape index (κ1) is 22.8. The summed E-state index contributed by atoms with van der Waals surface area (Å²) in [5.74, 6) is -0.908. The number of hydrogen-bond acceptors (Lipinski definition) is 4. The molecule has 0 unspecified atom stereocenters. The van der Waals surface area contributed by atoms with Crippen molar-refractivity contribution in [1.29, 1.82) is 0 Å². The Labute approximate surface area is 196 Å². The van der Waals surface area contributed by atoms with E-state index in [1.54, 1.807) is 18.2 Å². The zero-order chi connectivity index (χ0) is 24.0. The van der Waals surface area contributed by atoms with Gasteiger partial charge >= 0.3 is 11.9 Å². The number of esters is 2. The molecule has 3 aromatic carbocycles. The summed E-state index contributed by atoms with van der Waals surface area (Å²) in [4.78, 5) is 26.7. The van der Waals surface area contributed by atoms with Crippen molar-refractivity contribution in [3.63, 3.8) is 0 Å². The fourth-order valence-corrected chi connectivity index (χ4v) is 4.36. The quantitative estimate of drug-likeness (QED) is 0.356. The fraction of sp³-hybridized carbons (Fsp3) is 0.286. The van der Waals surface area contributed by atoms with Crippen molar-refractivity contribution in [3.05, 3.63) is 77.9 Å². The van der Waals surface area contributed by atoms with Crippen LogP contribution >= 0.6 is 0 Å². The molecule has 0 aromatic heterocycles. The molecule has 0 spiro atoms. The van der Waals surface area contributed by atoms with E-state index in [1.807, 2.05) is 65.8 Å². The first-order valence-corrected chi connectivity index (χ1v) is 11.2. The molecule has 0 N–H and O–H groups in total. The lowest BCUT2D eigenvalue weighted by atomic mass is 9.37. The van der Waals surface area contributed by atoms with Crippen LogP contribution < -0.4 is 16.4 Å². The van der Waals surface area contributed by atoms with Crippen LogP contribution in [0.2, 0.25) is 0 Å². The summed E-state index contributed by atoms with van der Waals surface area (Å²) in [5.41, 5.74) is 4.37. The van der Waals surface area contributed by atoms with E-state index in [4.69, 9.17) is 9.47 Å². The highest BCUT2D eigenvalue weighted by atomic mass is 16.6. The SMILES string of the molecule is CC(C)(C)OC(=O)c1cccc(C(=O)OC(C)(C)C)c1B1c2ccccc2-c2ccccc21. The third-order valence-electron chi connectivity index (χ3n) is 5.47. The van der Waals surface area contributed by atoms with E-state index in [9.17, 15) is 9.59 Å². The largest absolute Gasteiger partial charge is 0.456 e. The lowest BCUT2D eigenvalue weighted by Crippen LogP contribution is -2.53. The van der Waals surface area contributed by atoms with E-state index in [-0.39, 0.29) is 6.71 Å². The van der Waals surface area contributed by atoms with Gasteiger partial charge in [0.25, 0.3) is 0 Å². The zero-order valence-electron chi connectivity index (χ0n) is 20.1. The van der Waals surface area contributed by atoms with E-state index in [2.05, 4.69) is 24.3 Å². The van der Waals surface area contributed by atoms with E-state index >= 15 is 0 Å². The average molecular weight is 440 g/mol. The molecule has 0 amide bonds. The first-order valence-electron chi connectivity index (χ1n) is 11.2. The lowest BCUT2D eigenvalue weighted by molar-refractivity contribution is 0.00676. The molecular formula is C28H29BO4. The maximum Gasteiger partial charge on any atom is 0.338 e. The molecular weight excluding hydrogens is 411 g/mol. The summed E-state index contributed by atoms with van der Waals surface area (Å²) in [6, 6.07) is 21.5. The van der Waals surface area contributed by atoms with Crippen LogP contribution in [-0.4, -0.2) is 29.9 Å². The standard InChI is InChI=1S/C28H29BO4/c1-27(2,3)32-25(30)20-14-11-15-21(26(31)33-28(4,5)6)24(20)29-22-16-9-7-12-18(22)19-13-8-10-17-23(19)29/h7-17H,1-6H3. The van der Waals surface area contributed by atoms with Crippen molar-refractivity contribution in [2.24, 2.45) is 0 Å². The Morgan fingerprint density at radius 3 is 1.39 bits per heavy atom. The predicted octanol–water partition coefficient (Wildman–Crippen LogP) is 4.09. The van der Waals surface area contributed by atoms with Crippen LogP contribution in [0.3, 0.4) is 0 Å². The van der Waals surface area contributed by atoms with Gasteiger partial charge in [0.2, 0.25) is 6.71 Å². The van der Waals surface area contributed by atoms with Crippen LogP contribution in [0.15, 0.2) is 66.7 Å². The van der Waals surface area contributed by atoms with Crippen LogP contribution in [0.5, 0.6) is 0 Å². The Balaban J connectivity index is 1.98. The number of hydrogen-bond donors (Lipinski definition) is 0. The molecule has 33 heavy (non-hydrogen) atoms. The monoisotopic (exact) mass is 440 g/mol. The molecule has 0 radical (unpaired) electrons. The van der Waals surface area contributed by atoms with Crippen molar-refractivity contribution < 1.29 is 19.1 Å². The van der Waals surface area contributed by atoms with Crippen molar-refractivity contribution >= 4 is 35.0 Å². The molecule has 1 heterocycles. The Kier molecular flexibility index (Phi) is 5.69. The van der Waals surface area contributed by atoms with Gasteiger partial charge in [0.15, 0.2) is 0 Å². The van der Waals surface area contributed by atoms with Gasteiger partial charge in [-0.3, -0.25) is 0 Å². The summed E-state index contributed by atoms with van der Waals surface area (Å²) in [5, 5.41) is 0. The van der Waals surface area contributed by atoms with Gasteiger partial charge in [0.05, 0.1) is 11.1 Å². The summed E-state index contributed by atoms with van der Waals surface area (Å²) >= 11 is 0. The minimum absolute atomic E-state index is 0.288. The number of carbonyl (C=O) groups is 2. The van der Waals surface area contributed by atoms with E-state index in [1.165, 1.54) is 0 Å². The van der Waals surface area contributed by atoms with Crippen molar-refractivity contribution in [1.82, 2.24) is 0 Å². The second kappa shape index (κ2) is 8.22. The van der Waals surface area contributed by atoms with Crippen LogP contribution in [0.1, 0.15) is 62.3 Å². The summed E-state index contributed by atoms with van der Waals surface area (Å²) in [6.45, 7) is 10.7. The maximum atomic E-state index is 13.3. The summed E-state index contributed by atoms with van der Waals surface area (Å²) in [7, 11) is 0. The lowest BCUT2D eigenvalue weighted by Gasteiger charge is -2.25. The molecule has 0 aliphatic carbocycles. The fourth-order valence-electron chi connectivity index (χ4n) is 4.36. The van der Waals surface area contributed by atoms with Gasteiger partial charge in [-0.25, -0.2) is 9.59 Å². The Hall–Kier alpha value is -3.34. The molecule has 0 fully saturated rings. The molecule has 5 heteroatoms. The molecule has 3 aromatic rings. The van der Waals surface area contributed by atoms with Gasteiger partial charge in [0, 0.05) is 0 Å². The highest BCUT2D eigenvalue weighted by Gasteiger charge is 2.39. The van der Waals surface area contributed by atoms with Gasteiger partial charge in [-0.1, -0.05) is 65.5 Å². The number of carbonyl (C=O) groups excluding carboxylic acids is 2. The normalized spacial score (nSPS) is 12.7. The number of rotatable bonds is 3. The molecule has 0 saturated heterocycles. The zero-order valence-corrected chi connectivity index (χ0v) is 20.1. The Morgan fingerprint density at radius 1 is 0.606 bits per heavy atom. The molecule has 4 nitrogen and oxygen atoms in total. The molecule has 0 atom stereocenters.